The van der Waals surface area contributed by atoms with E-state index in [0.29, 0.717) is 11.1 Å². The fourth-order valence-corrected chi connectivity index (χ4v) is 4.96. The summed E-state index contributed by atoms with van der Waals surface area (Å²) in [5.74, 6) is 0.125. The van der Waals surface area contributed by atoms with Crippen LogP contribution in [0.3, 0.4) is 0 Å². The van der Waals surface area contributed by atoms with Gasteiger partial charge in [0.25, 0.3) is 5.91 Å². The van der Waals surface area contributed by atoms with Crippen LogP contribution < -0.4 is 0 Å². The van der Waals surface area contributed by atoms with E-state index >= 15 is 0 Å². The molecule has 6 heteroatoms. The van der Waals surface area contributed by atoms with E-state index in [0.717, 1.165) is 39.2 Å². The highest BCUT2D eigenvalue weighted by molar-refractivity contribution is 7.20. The molecule has 1 aliphatic carbocycles. The third-order valence-electron chi connectivity index (χ3n) is 5.28. The minimum absolute atomic E-state index is 0.125. The van der Waals surface area contributed by atoms with Crippen LogP contribution in [-0.4, -0.2) is 33.7 Å². The predicted octanol–water partition coefficient (Wildman–Crippen LogP) is 5.36. The van der Waals surface area contributed by atoms with Gasteiger partial charge in [0.05, 0.1) is 4.88 Å². The van der Waals surface area contributed by atoms with Crippen LogP contribution in [0.5, 0.6) is 0 Å². The predicted molar refractivity (Wildman–Crippen MR) is 108 cm³/mol. The van der Waals surface area contributed by atoms with E-state index in [4.69, 9.17) is 11.6 Å². The Morgan fingerprint density at radius 1 is 1.23 bits per heavy atom. The van der Waals surface area contributed by atoms with Gasteiger partial charge in [0.1, 0.15) is 10.5 Å². The molecule has 0 saturated heterocycles. The quantitative estimate of drug-likeness (QED) is 0.606. The number of carbonyl (C=O) groups is 1. The number of halogens is 1. The molecule has 0 unspecified atom stereocenters. The molecule has 1 aromatic carbocycles. The van der Waals surface area contributed by atoms with E-state index in [-0.39, 0.29) is 5.91 Å². The fourth-order valence-electron chi connectivity index (χ4n) is 3.78. The largest absolute Gasteiger partial charge is 0.338 e. The highest BCUT2D eigenvalue weighted by Gasteiger charge is 2.25. The average molecular weight is 388 g/mol. The monoisotopic (exact) mass is 387 g/mol. The van der Waals surface area contributed by atoms with Crippen LogP contribution in [0, 0.1) is 0 Å². The molecule has 0 N–H and O–H groups in total. The van der Waals surface area contributed by atoms with Crippen LogP contribution in [0.4, 0.5) is 0 Å². The summed E-state index contributed by atoms with van der Waals surface area (Å²) in [6.45, 7) is 0. The molecule has 2 aromatic heterocycles. The first kappa shape index (κ1) is 17.6. The summed E-state index contributed by atoms with van der Waals surface area (Å²) >= 11 is 7.53. The van der Waals surface area contributed by atoms with Gasteiger partial charge in [0.2, 0.25) is 0 Å². The summed E-state index contributed by atoms with van der Waals surface area (Å²) in [5.41, 5.74) is 1.91. The minimum Gasteiger partial charge on any atom is -0.338 e. The molecule has 0 atom stereocenters. The van der Waals surface area contributed by atoms with Crippen LogP contribution in [0.1, 0.15) is 41.8 Å². The van der Waals surface area contributed by atoms with Crippen molar-refractivity contribution in [3.8, 4) is 11.3 Å². The SMILES string of the molecule is CN(C(=O)c1cc2c(-c3ccc(Cl)cc3)nn(C)c2s1)C1CCCCC1. The molecule has 1 saturated carbocycles. The van der Waals surface area contributed by atoms with E-state index in [1.165, 1.54) is 30.6 Å². The Morgan fingerprint density at radius 3 is 2.62 bits per heavy atom. The van der Waals surface area contributed by atoms with E-state index in [9.17, 15) is 4.79 Å². The van der Waals surface area contributed by atoms with Crippen molar-refractivity contribution in [3.05, 3.63) is 40.2 Å². The van der Waals surface area contributed by atoms with Crippen molar-refractivity contribution in [2.45, 2.75) is 38.1 Å². The Bertz CT molecular complexity index is 938. The van der Waals surface area contributed by atoms with Crippen LogP contribution in [0.2, 0.25) is 5.02 Å². The Morgan fingerprint density at radius 2 is 1.92 bits per heavy atom. The summed E-state index contributed by atoms with van der Waals surface area (Å²) in [6.07, 6.45) is 5.96. The second-order valence-corrected chi connectivity index (χ2v) is 8.48. The molecule has 0 radical (unpaired) electrons. The highest BCUT2D eigenvalue weighted by Crippen LogP contribution is 2.35. The molecular formula is C20H22ClN3OS. The second-order valence-electron chi connectivity index (χ2n) is 7.02. The van der Waals surface area contributed by atoms with E-state index < -0.39 is 0 Å². The molecule has 136 valence electrons. The van der Waals surface area contributed by atoms with Gasteiger partial charge in [0, 0.05) is 36.1 Å². The number of aryl methyl sites for hydroxylation is 1. The minimum atomic E-state index is 0.125. The molecule has 0 spiro atoms. The van der Waals surface area contributed by atoms with Gasteiger partial charge < -0.3 is 4.90 Å². The summed E-state index contributed by atoms with van der Waals surface area (Å²) in [6, 6.07) is 10.0. The van der Waals surface area contributed by atoms with Crippen LogP contribution in [0.15, 0.2) is 30.3 Å². The molecule has 4 rings (SSSR count). The van der Waals surface area contributed by atoms with E-state index in [1.807, 2.05) is 54.0 Å². The summed E-state index contributed by atoms with van der Waals surface area (Å²) < 4.78 is 1.86. The maximum Gasteiger partial charge on any atom is 0.264 e. The standard InChI is InChI=1S/C20H22ClN3OS/c1-23(15-6-4-3-5-7-15)19(25)17-12-16-18(22-24(2)20(16)26-17)13-8-10-14(21)11-9-13/h8-12,15H,3-7H2,1-2H3. The van der Waals surface area contributed by atoms with E-state index in [1.54, 1.807) is 0 Å². The van der Waals surface area contributed by atoms with Gasteiger partial charge in [-0.3, -0.25) is 9.48 Å². The number of rotatable bonds is 3. The third-order valence-corrected chi connectivity index (χ3v) is 6.72. The number of fused-ring (bicyclic) bond motifs is 1. The van der Waals surface area contributed by atoms with Crippen molar-refractivity contribution in [2.24, 2.45) is 7.05 Å². The molecule has 0 aliphatic heterocycles. The van der Waals surface area contributed by atoms with Gasteiger partial charge in [-0.05, 0) is 31.0 Å². The number of benzene rings is 1. The summed E-state index contributed by atoms with van der Waals surface area (Å²) in [7, 11) is 3.87. The summed E-state index contributed by atoms with van der Waals surface area (Å²) in [4.78, 5) is 16.8. The Labute approximate surface area is 162 Å². The van der Waals surface area contributed by atoms with Gasteiger partial charge >= 0.3 is 0 Å². The Balaban J connectivity index is 1.68. The topological polar surface area (TPSA) is 38.1 Å². The normalized spacial score (nSPS) is 15.5. The average Bonchev–Trinajstić information content (AvgIpc) is 3.23. The van der Waals surface area contributed by atoms with Gasteiger partial charge in [-0.15, -0.1) is 11.3 Å². The number of thiophene rings is 1. The zero-order chi connectivity index (χ0) is 18.3. The van der Waals surface area contributed by atoms with Gasteiger partial charge in [0.15, 0.2) is 0 Å². The third kappa shape index (κ3) is 3.14. The lowest BCUT2D eigenvalue weighted by Gasteiger charge is -2.30. The molecule has 26 heavy (non-hydrogen) atoms. The van der Waals surface area contributed by atoms with Gasteiger partial charge in [-0.25, -0.2) is 0 Å². The lowest BCUT2D eigenvalue weighted by Crippen LogP contribution is -2.37. The van der Waals surface area contributed by atoms with Crippen LogP contribution >= 0.6 is 22.9 Å². The number of amides is 1. The molecule has 1 amide bonds. The first-order valence-electron chi connectivity index (χ1n) is 9.04. The fraction of sp³-hybridized carbons (Fsp3) is 0.400. The van der Waals surface area contributed by atoms with Gasteiger partial charge in [-0.1, -0.05) is 43.0 Å². The van der Waals surface area contributed by atoms with Crippen molar-refractivity contribution >= 4 is 39.1 Å². The molecule has 1 fully saturated rings. The smallest absolute Gasteiger partial charge is 0.264 e. The van der Waals surface area contributed by atoms with Crippen LogP contribution in [-0.2, 0) is 7.05 Å². The lowest BCUT2D eigenvalue weighted by molar-refractivity contribution is 0.0701. The van der Waals surface area contributed by atoms with E-state index in [2.05, 4.69) is 5.10 Å². The van der Waals surface area contributed by atoms with Crippen molar-refractivity contribution in [3.63, 3.8) is 0 Å². The maximum atomic E-state index is 13.0. The first-order chi connectivity index (χ1) is 12.5. The number of aromatic nitrogens is 2. The van der Waals surface area contributed by atoms with Crippen molar-refractivity contribution < 1.29 is 4.79 Å². The van der Waals surface area contributed by atoms with Gasteiger partial charge in [-0.2, -0.15) is 5.10 Å². The maximum absolute atomic E-state index is 13.0. The van der Waals surface area contributed by atoms with Crippen molar-refractivity contribution in [1.82, 2.24) is 14.7 Å². The van der Waals surface area contributed by atoms with Crippen LogP contribution in [0.25, 0.3) is 21.5 Å². The summed E-state index contributed by atoms with van der Waals surface area (Å²) in [5, 5.41) is 6.38. The molecule has 1 aliphatic rings. The molecular weight excluding hydrogens is 366 g/mol. The first-order valence-corrected chi connectivity index (χ1v) is 10.2. The number of nitrogens with zero attached hydrogens (tertiary/aromatic N) is 3. The number of hydrogen-bond donors (Lipinski definition) is 0. The molecule has 0 bridgehead atoms. The zero-order valence-electron chi connectivity index (χ0n) is 15.0. The lowest BCUT2D eigenvalue weighted by atomic mass is 9.94. The highest BCUT2D eigenvalue weighted by atomic mass is 35.5. The second kappa shape index (κ2) is 7.05. The number of carbonyl (C=O) groups excluding carboxylic acids is 1. The number of hydrogen-bond acceptors (Lipinski definition) is 3. The van der Waals surface area contributed by atoms with Crippen molar-refractivity contribution in [2.75, 3.05) is 7.05 Å². The Kier molecular flexibility index (Phi) is 4.76. The van der Waals surface area contributed by atoms with Crippen molar-refractivity contribution in [1.29, 1.82) is 0 Å². The molecule has 4 nitrogen and oxygen atoms in total. The zero-order valence-corrected chi connectivity index (χ0v) is 16.6. The molecule has 2 heterocycles. The Hall–Kier alpha value is -1.85. The molecule has 3 aromatic rings.